The predicted octanol–water partition coefficient (Wildman–Crippen LogP) is 4.31. The summed E-state index contributed by atoms with van der Waals surface area (Å²) in [6, 6.07) is 5.46. The van der Waals surface area contributed by atoms with Gasteiger partial charge in [-0.25, -0.2) is 0 Å². The molecule has 1 N–H and O–H groups in total. The van der Waals surface area contributed by atoms with E-state index in [1.54, 1.807) is 17.4 Å². The summed E-state index contributed by atoms with van der Waals surface area (Å²) in [6.07, 6.45) is 0. The molecule has 7 nitrogen and oxygen atoms in total. The SMILES string of the molecule is COc1cc(C(=O)Nc2nnc(-c3cccs3)s2)c(Br)c(OC)c1OC. The van der Waals surface area contributed by atoms with Gasteiger partial charge in [-0.15, -0.1) is 21.5 Å². The van der Waals surface area contributed by atoms with Crippen molar-refractivity contribution in [3.63, 3.8) is 0 Å². The van der Waals surface area contributed by atoms with Crippen LogP contribution in [0.5, 0.6) is 17.2 Å². The standard InChI is InChI=1S/C16H14BrN3O4S2/c1-22-9-7-8(11(17)13(24-3)12(9)23-2)14(21)18-16-20-19-15(26-16)10-5-4-6-25-10/h4-7H,1-3H3,(H,18,20,21). The van der Waals surface area contributed by atoms with Crippen molar-refractivity contribution < 1.29 is 19.0 Å². The number of nitrogens with one attached hydrogen (secondary N) is 1. The largest absolute Gasteiger partial charge is 0.493 e. The maximum absolute atomic E-state index is 12.7. The van der Waals surface area contributed by atoms with Crippen LogP contribution in [-0.2, 0) is 0 Å². The van der Waals surface area contributed by atoms with Crippen LogP contribution in [0.4, 0.5) is 5.13 Å². The fraction of sp³-hybridized carbons (Fsp3) is 0.188. The molecule has 3 aromatic rings. The zero-order valence-electron chi connectivity index (χ0n) is 14.0. The molecule has 0 radical (unpaired) electrons. The van der Waals surface area contributed by atoms with Gasteiger partial charge < -0.3 is 14.2 Å². The van der Waals surface area contributed by atoms with Crippen LogP contribution in [0.3, 0.4) is 0 Å². The minimum absolute atomic E-state index is 0.326. The van der Waals surface area contributed by atoms with Gasteiger partial charge in [-0.2, -0.15) is 0 Å². The molecule has 2 heterocycles. The van der Waals surface area contributed by atoms with Crippen molar-refractivity contribution in [3.05, 3.63) is 33.6 Å². The number of ether oxygens (including phenoxy) is 3. The van der Waals surface area contributed by atoms with Gasteiger partial charge in [-0.3, -0.25) is 10.1 Å². The summed E-state index contributed by atoms with van der Waals surface area (Å²) >= 11 is 6.26. The summed E-state index contributed by atoms with van der Waals surface area (Å²) < 4.78 is 16.4. The summed E-state index contributed by atoms with van der Waals surface area (Å²) in [5.74, 6) is 0.780. The zero-order valence-corrected chi connectivity index (χ0v) is 17.3. The fourth-order valence-corrected chi connectivity index (χ4v) is 4.39. The highest BCUT2D eigenvalue weighted by Gasteiger charge is 2.23. The van der Waals surface area contributed by atoms with Crippen molar-refractivity contribution >= 4 is 49.6 Å². The first-order valence-electron chi connectivity index (χ1n) is 7.26. The van der Waals surface area contributed by atoms with E-state index in [1.165, 1.54) is 32.7 Å². The lowest BCUT2D eigenvalue weighted by molar-refractivity contribution is 0.102. The number of amides is 1. The number of methoxy groups -OCH3 is 3. The quantitative estimate of drug-likeness (QED) is 0.596. The first-order valence-corrected chi connectivity index (χ1v) is 9.75. The number of halogens is 1. The average molecular weight is 456 g/mol. The Labute approximate surface area is 166 Å². The molecule has 1 amide bonds. The molecule has 10 heteroatoms. The Morgan fingerprint density at radius 1 is 1.15 bits per heavy atom. The van der Waals surface area contributed by atoms with Crippen molar-refractivity contribution in [2.45, 2.75) is 0 Å². The minimum Gasteiger partial charge on any atom is -0.493 e. The molecule has 0 atom stereocenters. The maximum atomic E-state index is 12.7. The Kier molecular flexibility index (Phi) is 5.74. The van der Waals surface area contributed by atoms with E-state index in [-0.39, 0.29) is 5.91 Å². The molecule has 0 aliphatic carbocycles. The number of thiophene rings is 1. The third-order valence-corrected chi connectivity index (χ3v) is 6.06. The van der Waals surface area contributed by atoms with Gasteiger partial charge >= 0.3 is 0 Å². The number of carbonyl (C=O) groups is 1. The Hall–Kier alpha value is -2.17. The van der Waals surface area contributed by atoms with E-state index in [0.717, 1.165) is 9.88 Å². The number of nitrogens with zero attached hydrogens (tertiary/aromatic N) is 2. The molecule has 136 valence electrons. The Balaban J connectivity index is 1.90. The number of aromatic nitrogens is 2. The predicted molar refractivity (Wildman–Crippen MR) is 105 cm³/mol. The Bertz CT molecular complexity index is 928. The lowest BCUT2D eigenvalue weighted by Gasteiger charge is -2.16. The van der Waals surface area contributed by atoms with E-state index in [4.69, 9.17) is 14.2 Å². The molecule has 0 unspecified atom stereocenters. The highest BCUT2D eigenvalue weighted by molar-refractivity contribution is 9.10. The van der Waals surface area contributed by atoms with E-state index in [9.17, 15) is 4.79 Å². The number of benzene rings is 1. The molecule has 0 fully saturated rings. The summed E-state index contributed by atoms with van der Waals surface area (Å²) in [7, 11) is 4.48. The molecule has 3 rings (SSSR count). The van der Waals surface area contributed by atoms with E-state index in [1.807, 2.05) is 17.5 Å². The molecular weight excluding hydrogens is 442 g/mol. The molecule has 0 bridgehead atoms. The molecule has 2 aromatic heterocycles. The number of hydrogen-bond acceptors (Lipinski definition) is 8. The molecule has 0 saturated heterocycles. The lowest BCUT2D eigenvalue weighted by Crippen LogP contribution is -2.13. The number of rotatable bonds is 6. The number of anilines is 1. The maximum Gasteiger partial charge on any atom is 0.258 e. The summed E-state index contributed by atoms with van der Waals surface area (Å²) in [5.41, 5.74) is 0.326. The second kappa shape index (κ2) is 8.02. The first-order chi connectivity index (χ1) is 12.6. The first kappa shape index (κ1) is 18.6. The molecule has 0 aliphatic rings. The topological polar surface area (TPSA) is 82.6 Å². The summed E-state index contributed by atoms with van der Waals surface area (Å²) in [6.45, 7) is 0. The number of hydrogen-bond donors (Lipinski definition) is 1. The van der Waals surface area contributed by atoms with Gasteiger partial charge in [0.05, 0.1) is 36.2 Å². The summed E-state index contributed by atoms with van der Waals surface area (Å²) in [5, 5.41) is 14.0. The third kappa shape index (κ3) is 3.53. The van der Waals surface area contributed by atoms with Crippen LogP contribution in [0.1, 0.15) is 10.4 Å². The highest BCUT2D eigenvalue weighted by atomic mass is 79.9. The summed E-state index contributed by atoms with van der Waals surface area (Å²) in [4.78, 5) is 13.7. The van der Waals surface area contributed by atoms with E-state index in [2.05, 4.69) is 31.4 Å². The third-order valence-electron chi connectivity index (χ3n) is 3.39. The van der Waals surface area contributed by atoms with Crippen LogP contribution >= 0.6 is 38.6 Å². The highest BCUT2D eigenvalue weighted by Crippen LogP contribution is 2.45. The van der Waals surface area contributed by atoms with Gasteiger partial charge in [0.15, 0.2) is 16.5 Å². The van der Waals surface area contributed by atoms with Crippen LogP contribution in [0.25, 0.3) is 9.88 Å². The lowest BCUT2D eigenvalue weighted by atomic mass is 10.1. The van der Waals surface area contributed by atoms with Gasteiger partial charge in [-0.1, -0.05) is 17.4 Å². The molecule has 0 saturated carbocycles. The van der Waals surface area contributed by atoms with Crippen molar-refractivity contribution in [1.29, 1.82) is 0 Å². The Morgan fingerprint density at radius 3 is 2.54 bits per heavy atom. The zero-order chi connectivity index (χ0) is 18.7. The van der Waals surface area contributed by atoms with Crippen LogP contribution in [-0.4, -0.2) is 37.4 Å². The van der Waals surface area contributed by atoms with Crippen molar-refractivity contribution in [3.8, 4) is 27.1 Å². The van der Waals surface area contributed by atoms with Gasteiger partial charge in [-0.05, 0) is 33.4 Å². The van der Waals surface area contributed by atoms with Crippen molar-refractivity contribution in [2.75, 3.05) is 26.6 Å². The molecule has 26 heavy (non-hydrogen) atoms. The van der Waals surface area contributed by atoms with Gasteiger partial charge in [0, 0.05) is 0 Å². The fourth-order valence-electron chi connectivity index (χ4n) is 2.22. The molecule has 0 aliphatic heterocycles. The van der Waals surface area contributed by atoms with Crippen LogP contribution < -0.4 is 19.5 Å². The normalized spacial score (nSPS) is 10.5. The van der Waals surface area contributed by atoms with Crippen LogP contribution in [0.15, 0.2) is 28.1 Å². The van der Waals surface area contributed by atoms with Crippen molar-refractivity contribution in [2.24, 2.45) is 0 Å². The monoisotopic (exact) mass is 455 g/mol. The average Bonchev–Trinajstić information content (AvgIpc) is 3.32. The van der Waals surface area contributed by atoms with E-state index in [0.29, 0.717) is 32.4 Å². The van der Waals surface area contributed by atoms with Gasteiger partial charge in [0.2, 0.25) is 10.9 Å². The smallest absolute Gasteiger partial charge is 0.258 e. The number of carbonyl (C=O) groups excluding carboxylic acids is 1. The van der Waals surface area contributed by atoms with Crippen molar-refractivity contribution in [1.82, 2.24) is 10.2 Å². The second-order valence-corrected chi connectivity index (χ2v) is 7.57. The minimum atomic E-state index is -0.370. The Morgan fingerprint density at radius 2 is 1.92 bits per heavy atom. The van der Waals surface area contributed by atoms with Gasteiger partial charge in [0.25, 0.3) is 5.91 Å². The van der Waals surface area contributed by atoms with Gasteiger partial charge in [0.1, 0.15) is 0 Å². The molecule has 1 aromatic carbocycles. The van der Waals surface area contributed by atoms with E-state index >= 15 is 0 Å². The van der Waals surface area contributed by atoms with E-state index < -0.39 is 0 Å². The molecular formula is C16H14BrN3O4S2. The van der Waals surface area contributed by atoms with Crippen LogP contribution in [0, 0.1) is 0 Å². The molecule has 0 spiro atoms. The van der Waals surface area contributed by atoms with Crippen LogP contribution in [0.2, 0.25) is 0 Å². The second-order valence-electron chi connectivity index (χ2n) is 4.85.